The van der Waals surface area contributed by atoms with E-state index in [1.165, 1.54) is 12.8 Å². The molecule has 1 aliphatic rings. The molecular weight excluding hydrogens is 298 g/mol. The van der Waals surface area contributed by atoms with Gasteiger partial charge < -0.3 is 10.0 Å². The molecule has 4 nitrogen and oxygen atoms in total. The van der Waals surface area contributed by atoms with Crippen LogP contribution in [0.1, 0.15) is 49.3 Å². The van der Waals surface area contributed by atoms with Gasteiger partial charge in [0.2, 0.25) is 0 Å². The molecule has 0 bridgehead atoms. The van der Waals surface area contributed by atoms with Crippen LogP contribution in [0.2, 0.25) is 0 Å². The van der Waals surface area contributed by atoms with Crippen molar-refractivity contribution in [2.24, 2.45) is 0 Å². The number of rotatable bonds is 4. The summed E-state index contributed by atoms with van der Waals surface area (Å²) in [6.07, 6.45) is 6.46. The zero-order chi connectivity index (χ0) is 16.8. The molecule has 1 aromatic carbocycles. The van der Waals surface area contributed by atoms with E-state index in [1.54, 1.807) is 6.20 Å². The summed E-state index contributed by atoms with van der Waals surface area (Å²) in [5.74, 6) is 0.904. The van der Waals surface area contributed by atoms with E-state index in [-0.39, 0.29) is 6.04 Å². The Labute approximate surface area is 143 Å². The third kappa shape index (κ3) is 3.93. The molecule has 0 unspecified atom stereocenters. The number of pyridine rings is 1. The molecular formula is C20H23N3O. The highest BCUT2D eigenvalue weighted by Crippen LogP contribution is 2.29. The SMILES string of the molecule is N#Cc1ccc(N2CCCCC[C@@H]2C[C@@H](O)c2ccccc2)nc1. The fourth-order valence-corrected chi connectivity index (χ4v) is 3.42. The minimum absolute atomic E-state index is 0.267. The van der Waals surface area contributed by atoms with Gasteiger partial charge in [0.15, 0.2) is 0 Å². The van der Waals surface area contributed by atoms with Crippen molar-refractivity contribution >= 4 is 5.82 Å². The summed E-state index contributed by atoms with van der Waals surface area (Å²) in [6, 6.07) is 16.0. The third-order valence-electron chi connectivity index (χ3n) is 4.73. The first-order valence-corrected chi connectivity index (χ1v) is 8.64. The Kier molecular flexibility index (Phi) is 5.45. The number of nitrogens with zero attached hydrogens (tertiary/aromatic N) is 3. The quantitative estimate of drug-likeness (QED) is 0.930. The number of hydrogen-bond donors (Lipinski definition) is 1. The van der Waals surface area contributed by atoms with Gasteiger partial charge in [0.05, 0.1) is 11.7 Å². The van der Waals surface area contributed by atoms with Crippen LogP contribution in [0.25, 0.3) is 0 Å². The van der Waals surface area contributed by atoms with Crippen molar-refractivity contribution < 1.29 is 5.11 Å². The highest BCUT2D eigenvalue weighted by atomic mass is 16.3. The minimum Gasteiger partial charge on any atom is -0.388 e. The molecule has 2 aromatic rings. The van der Waals surface area contributed by atoms with Crippen molar-refractivity contribution in [2.75, 3.05) is 11.4 Å². The summed E-state index contributed by atoms with van der Waals surface area (Å²) >= 11 is 0. The molecule has 1 saturated heterocycles. The van der Waals surface area contributed by atoms with Gasteiger partial charge in [-0.05, 0) is 37.0 Å². The van der Waals surface area contributed by atoms with Crippen LogP contribution in [-0.4, -0.2) is 22.7 Å². The first-order valence-electron chi connectivity index (χ1n) is 8.64. The number of aromatic nitrogens is 1. The largest absolute Gasteiger partial charge is 0.388 e. The van der Waals surface area contributed by atoms with Crippen LogP contribution >= 0.6 is 0 Å². The predicted molar refractivity (Wildman–Crippen MR) is 94.6 cm³/mol. The van der Waals surface area contributed by atoms with E-state index >= 15 is 0 Å². The van der Waals surface area contributed by atoms with Crippen molar-refractivity contribution in [3.8, 4) is 6.07 Å². The fourth-order valence-electron chi connectivity index (χ4n) is 3.42. The summed E-state index contributed by atoms with van der Waals surface area (Å²) in [6.45, 7) is 0.949. The maximum Gasteiger partial charge on any atom is 0.128 e. The molecule has 24 heavy (non-hydrogen) atoms. The van der Waals surface area contributed by atoms with Crippen LogP contribution in [0.4, 0.5) is 5.82 Å². The third-order valence-corrected chi connectivity index (χ3v) is 4.73. The second-order valence-electron chi connectivity index (χ2n) is 6.38. The topological polar surface area (TPSA) is 60.2 Å². The lowest BCUT2D eigenvalue weighted by molar-refractivity contribution is 0.155. The molecule has 1 N–H and O–H groups in total. The van der Waals surface area contributed by atoms with E-state index in [1.807, 2.05) is 42.5 Å². The maximum atomic E-state index is 10.6. The van der Waals surface area contributed by atoms with Crippen molar-refractivity contribution in [3.05, 3.63) is 59.8 Å². The van der Waals surface area contributed by atoms with Crippen LogP contribution in [0.15, 0.2) is 48.7 Å². The lowest BCUT2D eigenvalue weighted by Crippen LogP contribution is -2.36. The van der Waals surface area contributed by atoms with Gasteiger partial charge in [-0.2, -0.15) is 5.26 Å². The predicted octanol–water partition coefficient (Wildman–Crippen LogP) is 3.83. The van der Waals surface area contributed by atoms with Gasteiger partial charge in [-0.3, -0.25) is 0 Å². The first kappa shape index (κ1) is 16.5. The highest BCUT2D eigenvalue weighted by Gasteiger charge is 2.25. The number of benzene rings is 1. The lowest BCUT2D eigenvalue weighted by Gasteiger charge is -2.32. The molecule has 1 fully saturated rings. The Morgan fingerprint density at radius 3 is 2.71 bits per heavy atom. The molecule has 0 amide bonds. The van der Waals surface area contributed by atoms with Crippen LogP contribution in [0.5, 0.6) is 0 Å². The highest BCUT2D eigenvalue weighted by molar-refractivity contribution is 5.43. The Morgan fingerprint density at radius 1 is 1.17 bits per heavy atom. The summed E-state index contributed by atoms with van der Waals surface area (Å²) in [4.78, 5) is 6.77. The number of anilines is 1. The molecule has 4 heteroatoms. The molecule has 0 radical (unpaired) electrons. The van der Waals surface area contributed by atoms with E-state index in [2.05, 4.69) is 16.0 Å². The monoisotopic (exact) mass is 321 g/mol. The average Bonchev–Trinajstić information content (AvgIpc) is 2.88. The zero-order valence-electron chi connectivity index (χ0n) is 13.8. The van der Waals surface area contributed by atoms with E-state index in [4.69, 9.17) is 5.26 Å². The average molecular weight is 321 g/mol. The van der Waals surface area contributed by atoms with Gasteiger partial charge in [0, 0.05) is 18.8 Å². The van der Waals surface area contributed by atoms with Gasteiger partial charge in [-0.15, -0.1) is 0 Å². The van der Waals surface area contributed by atoms with Gasteiger partial charge in [0.1, 0.15) is 11.9 Å². The van der Waals surface area contributed by atoms with Gasteiger partial charge in [-0.1, -0.05) is 43.2 Å². The molecule has 0 spiro atoms. The second kappa shape index (κ2) is 7.94. The fraction of sp³-hybridized carbons (Fsp3) is 0.400. The first-order chi connectivity index (χ1) is 11.8. The number of nitriles is 1. The molecule has 1 aliphatic heterocycles. The van der Waals surface area contributed by atoms with Gasteiger partial charge >= 0.3 is 0 Å². The number of hydrogen-bond acceptors (Lipinski definition) is 4. The van der Waals surface area contributed by atoms with Crippen molar-refractivity contribution in [1.29, 1.82) is 5.26 Å². The van der Waals surface area contributed by atoms with Crippen molar-refractivity contribution in [2.45, 2.75) is 44.2 Å². The smallest absolute Gasteiger partial charge is 0.128 e. The minimum atomic E-state index is -0.463. The molecule has 0 saturated carbocycles. The number of aliphatic hydroxyl groups is 1. The maximum absolute atomic E-state index is 10.6. The van der Waals surface area contributed by atoms with E-state index in [9.17, 15) is 5.11 Å². The molecule has 2 atom stereocenters. The molecule has 1 aromatic heterocycles. The summed E-state index contributed by atoms with van der Waals surface area (Å²) in [5.41, 5.74) is 1.55. The molecule has 2 heterocycles. The van der Waals surface area contributed by atoms with Gasteiger partial charge in [0.25, 0.3) is 0 Å². The summed E-state index contributed by atoms with van der Waals surface area (Å²) < 4.78 is 0. The Hall–Kier alpha value is -2.38. The Balaban J connectivity index is 1.78. The second-order valence-corrected chi connectivity index (χ2v) is 6.38. The number of aliphatic hydroxyl groups excluding tert-OH is 1. The lowest BCUT2D eigenvalue weighted by atomic mass is 9.98. The van der Waals surface area contributed by atoms with Crippen molar-refractivity contribution in [1.82, 2.24) is 4.98 Å². The zero-order valence-corrected chi connectivity index (χ0v) is 13.8. The van der Waals surface area contributed by atoms with Crippen LogP contribution < -0.4 is 4.90 Å². The van der Waals surface area contributed by atoms with Crippen LogP contribution in [0.3, 0.4) is 0 Å². The Bertz CT molecular complexity index is 678. The molecule has 3 rings (SSSR count). The normalized spacial score (nSPS) is 19.3. The van der Waals surface area contributed by atoms with E-state index < -0.39 is 6.10 Å². The van der Waals surface area contributed by atoms with E-state index in [0.29, 0.717) is 12.0 Å². The Morgan fingerprint density at radius 2 is 2.00 bits per heavy atom. The molecule has 124 valence electrons. The standard InChI is InChI=1S/C20H23N3O/c21-14-16-10-11-20(22-15-16)23-12-6-2-5-9-18(23)13-19(24)17-7-3-1-4-8-17/h1,3-4,7-8,10-11,15,18-19,24H,2,5-6,9,12-13H2/t18-,19-/m1/s1. The van der Waals surface area contributed by atoms with Crippen molar-refractivity contribution in [3.63, 3.8) is 0 Å². The summed E-state index contributed by atoms with van der Waals surface area (Å²) in [5, 5.41) is 19.6. The van der Waals surface area contributed by atoms with Crippen LogP contribution in [0, 0.1) is 11.3 Å². The van der Waals surface area contributed by atoms with Gasteiger partial charge in [-0.25, -0.2) is 4.98 Å². The van der Waals surface area contributed by atoms with E-state index in [0.717, 1.165) is 30.8 Å². The molecule has 0 aliphatic carbocycles. The van der Waals surface area contributed by atoms with Crippen LogP contribution in [-0.2, 0) is 0 Å². The summed E-state index contributed by atoms with van der Waals surface area (Å²) in [7, 11) is 0.